The first kappa shape index (κ1) is 14.9. The van der Waals surface area contributed by atoms with Gasteiger partial charge in [0.2, 0.25) is 6.04 Å². The van der Waals surface area contributed by atoms with E-state index in [-0.39, 0.29) is 0 Å². The van der Waals surface area contributed by atoms with Crippen molar-refractivity contribution in [1.82, 2.24) is 0 Å². The molecule has 0 spiro atoms. The van der Waals surface area contributed by atoms with Gasteiger partial charge in [-0.3, -0.25) is 0 Å². The van der Waals surface area contributed by atoms with Crippen LogP contribution < -0.4 is 0 Å². The van der Waals surface area contributed by atoms with Crippen LogP contribution in [0.4, 0.5) is 13.2 Å². The van der Waals surface area contributed by atoms with Gasteiger partial charge in [-0.2, -0.15) is 13.2 Å². The fraction of sp³-hybridized carbons (Fsp3) is 0.286. The highest BCUT2D eigenvalue weighted by Gasteiger charge is 2.66. The van der Waals surface area contributed by atoms with Gasteiger partial charge in [0, 0.05) is 5.56 Å². The molecule has 7 heteroatoms. The van der Waals surface area contributed by atoms with Crippen LogP contribution in [0, 0.1) is 11.8 Å². The number of benzene rings is 1. The summed E-state index contributed by atoms with van der Waals surface area (Å²) < 4.78 is 49.0. The molecule has 0 aromatic heterocycles. The topological polar surface area (TPSA) is 47.9 Å². The minimum absolute atomic E-state index is 0.361. The average Bonchev–Trinajstić information content (AvgIpc) is 2.90. The number of rotatable bonds is 1. The van der Waals surface area contributed by atoms with E-state index >= 15 is 0 Å². The third-order valence-corrected chi connectivity index (χ3v) is 2.85. The Hall–Kier alpha value is -2.49. The van der Waals surface area contributed by atoms with Crippen LogP contribution in [0.3, 0.4) is 0 Å². The Balaban J connectivity index is 2.45. The molecule has 1 aliphatic heterocycles. The molecule has 0 fully saturated rings. The summed E-state index contributed by atoms with van der Waals surface area (Å²) in [4.78, 5) is 14.9. The van der Waals surface area contributed by atoms with E-state index in [2.05, 4.69) is 20.4 Å². The number of esters is 1. The minimum Gasteiger partial charge on any atom is -0.467 e. The van der Waals surface area contributed by atoms with Gasteiger partial charge >= 0.3 is 12.1 Å². The Morgan fingerprint density at radius 2 is 2.05 bits per heavy atom. The molecule has 0 radical (unpaired) electrons. The maximum absolute atomic E-state index is 13.4. The van der Waals surface area contributed by atoms with Gasteiger partial charge in [-0.05, 0) is 18.1 Å². The maximum Gasteiger partial charge on any atom is 0.443 e. The van der Waals surface area contributed by atoms with Crippen LogP contribution in [0.15, 0.2) is 35.3 Å². The van der Waals surface area contributed by atoms with Crippen molar-refractivity contribution in [2.24, 2.45) is 4.99 Å². The van der Waals surface area contributed by atoms with Gasteiger partial charge in [0.25, 0.3) is 5.60 Å². The molecule has 1 aromatic carbocycles. The van der Waals surface area contributed by atoms with Gasteiger partial charge in [-0.15, -0.1) is 0 Å². The summed E-state index contributed by atoms with van der Waals surface area (Å²) in [5.74, 6) is 3.19. The number of nitrogens with zero attached hydrogens (tertiary/aromatic N) is 1. The molecule has 0 saturated heterocycles. The second kappa shape index (κ2) is 5.48. The van der Waals surface area contributed by atoms with Crippen molar-refractivity contribution in [3.63, 3.8) is 0 Å². The smallest absolute Gasteiger partial charge is 0.443 e. The van der Waals surface area contributed by atoms with Crippen molar-refractivity contribution in [2.75, 3.05) is 7.11 Å². The van der Waals surface area contributed by atoms with Crippen molar-refractivity contribution in [3.05, 3.63) is 35.9 Å². The molecule has 110 valence electrons. The van der Waals surface area contributed by atoms with E-state index in [9.17, 15) is 18.0 Å². The Labute approximate surface area is 118 Å². The molecule has 0 aliphatic carbocycles. The molecule has 21 heavy (non-hydrogen) atoms. The van der Waals surface area contributed by atoms with Crippen molar-refractivity contribution < 1.29 is 27.4 Å². The molecular weight excluding hydrogens is 287 g/mol. The Morgan fingerprint density at radius 3 is 2.62 bits per heavy atom. The zero-order chi connectivity index (χ0) is 15.5. The van der Waals surface area contributed by atoms with E-state index in [0.29, 0.717) is 12.0 Å². The Morgan fingerprint density at radius 1 is 1.38 bits per heavy atom. The number of ether oxygens (including phenoxy) is 2. The maximum atomic E-state index is 13.4. The molecule has 0 amide bonds. The van der Waals surface area contributed by atoms with Crippen molar-refractivity contribution >= 4 is 12.4 Å². The number of alkyl halides is 3. The normalized spacial score (nSPS) is 23.9. The Bertz CT molecular complexity index is 616. The molecular formula is C14H10F3NO3. The van der Waals surface area contributed by atoms with E-state index in [4.69, 9.17) is 0 Å². The molecule has 0 unspecified atom stereocenters. The molecule has 2 atom stereocenters. The average molecular weight is 297 g/mol. The summed E-state index contributed by atoms with van der Waals surface area (Å²) in [5, 5.41) is 0. The van der Waals surface area contributed by atoms with Gasteiger partial charge in [0.05, 0.1) is 7.11 Å². The number of methoxy groups -OCH3 is 1. The standard InChI is InChI=1S/C14H10F3NO3/c1-20-12(19)11-13(14(15,16)17,21-9-18-11)8-7-10-5-3-2-4-6-10/h2-6,9,11H,1H3/t11-,13+/m1/s1. The molecule has 1 heterocycles. The van der Waals surface area contributed by atoms with Gasteiger partial charge in [-0.1, -0.05) is 24.1 Å². The van der Waals surface area contributed by atoms with E-state index < -0.39 is 23.8 Å². The van der Waals surface area contributed by atoms with Crippen LogP contribution in [0.25, 0.3) is 0 Å². The SMILES string of the molecule is COC(=O)[C@H]1N=CO[C@]1(C#Cc1ccccc1)C(F)(F)F. The summed E-state index contributed by atoms with van der Waals surface area (Å²) in [6.45, 7) is 0. The van der Waals surface area contributed by atoms with Crippen LogP contribution >= 0.6 is 0 Å². The van der Waals surface area contributed by atoms with Crippen LogP contribution in [-0.4, -0.2) is 37.3 Å². The fourth-order valence-electron chi connectivity index (χ4n) is 1.76. The molecule has 4 nitrogen and oxygen atoms in total. The third kappa shape index (κ3) is 2.70. The first-order valence-corrected chi connectivity index (χ1v) is 5.83. The third-order valence-electron chi connectivity index (χ3n) is 2.85. The lowest BCUT2D eigenvalue weighted by Crippen LogP contribution is -2.55. The van der Waals surface area contributed by atoms with Gasteiger partial charge in [0.15, 0.2) is 6.40 Å². The lowest BCUT2D eigenvalue weighted by Gasteiger charge is -2.28. The molecule has 0 saturated carbocycles. The summed E-state index contributed by atoms with van der Waals surface area (Å²) in [5.41, 5.74) is -2.67. The summed E-state index contributed by atoms with van der Waals surface area (Å²) in [6, 6.07) is 6.15. The number of hydrogen-bond donors (Lipinski definition) is 0. The van der Waals surface area contributed by atoms with Gasteiger partial charge < -0.3 is 9.47 Å². The predicted molar refractivity (Wildman–Crippen MR) is 67.5 cm³/mol. The van der Waals surface area contributed by atoms with Crippen LogP contribution in [0.5, 0.6) is 0 Å². The van der Waals surface area contributed by atoms with Crippen molar-refractivity contribution in [2.45, 2.75) is 17.8 Å². The van der Waals surface area contributed by atoms with E-state index in [1.165, 1.54) is 0 Å². The Kier molecular flexibility index (Phi) is 3.89. The van der Waals surface area contributed by atoms with Crippen LogP contribution in [0.2, 0.25) is 0 Å². The van der Waals surface area contributed by atoms with Crippen LogP contribution in [-0.2, 0) is 14.3 Å². The molecule has 1 aromatic rings. The second-order valence-electron chi connectivity index (χ2n) is 4.15. The quantitative estimate of drug-likeness (QED) is 0.588. The van der Waals surface area contributed by atoms with Crippen molar-refractivity contribution in [1.29, 1.82) is 0 Å². The molecule has 0 N–H and O–H groups in total. The number of carbonyl (C=O) groups is 1. The van der Waals surface area contributed by atoms with Gasteiger partial charge in [0.1, 0.15) is 0 Å². The molecule has 2 rings (SSSR count). The number of carbonyl (C=O) groups excluding carboxylic acids is 1. The number of aliphatic imine (C=N–C) groups is 1. The second-order valence-corrected chi connectivity index (χ2v) is 4.15. The minimum atomic E-state index is -4.91. The summed E-state index contributed by atoms with van der Waals surface area (Å²) >= 11 is 0. The van der Waals surface area contributed by atoms with E-state index in [1.807, 2.05) is 5.92 Å². The lowest BCUT2D eigenvalue weighted by atomic mass is 9.94. The zero-order valence-electron chi connectivity index (χ0n) is 10.8. The zero-order valence-corrected chi connectivity index (χ0v) is 10.8. The molecule has 1 aliphatic rings. The van der Waals surface area contributed by atoms with Gasteiger partial charge in [-0.25, -0.2) is 9.79 Å². The van der Waals surface area contributed by atoms with Crippen molar-refractivity contribution in [3.8, 4) is 11.8 Å². The molecule has 0 bridgehead atoms. The predicted octanol–water partition coefficient (Wildman–Crippen LogP) is 1.94. The largest absolute Gasteiger partial charge is 0.467 e. The number of halogens is 3. The highest BCUT2D eigenvalue weighted by molar-refractivity contribution is 5.82. The summed E-state index contributed by atoms with van der Waals surface area (Å²) in [6.07, 6.45) is -4.33. The number of hydrogen-bond acceptors (Lipinski definition) is 4. The van der Waals surface area contributed by atoms with E-state index in [0.717, 1.165) is 7.11 Å². The fourth-order valence-corrected chi connectivity index (χ4v) is 1.76. The van der Waals surface area contributed by atoms with Crippen LogP contribution in [0.1, 0.15) is 5.56 Å². The monoisotopic (exact) mass is 297 g/mol. The highest BCUT2D eigenvalue weighted by atomic mass is 19.4. The highest BCUT2D eigenvalue weighted by Crippen LogP contribution is 2.40. The first-order valence-electron chi connectivity index (χ1n) is 5.83. The van der Waals surface area contributed by atoms with E-state index in [1.54, 1.807) is 30.3 Å². The lowest BCUT2D eigenvalue weighted by molar-refractivity contribution is -0.230. The summed E-state index contributed by atoms with van der Waals surface area (Å²) in [7, 11) is 0.974. The first-order chi connectivity index (χ1) is 9.90.